The van der Waals surface area contributed by atoms with Crippen LogP contribution in [0.1, 0.15) is 17.5 Å². The van der Waals surface area contributed by atoms with Crippen LogP contribution < -0.4 is 14.9 Å². The smallest absolute Gasteiger partial charge is 0.245 e. The van der Waals surface area contributed by atoms with Crippen LogP contribution >= 0.6 is 11.6 Å². The number of hydrogen-bond donors (Lipinski definition) is 2. The molecule has 6 nitrogen and oxygen atoms in total. The number of amides is 1. The molecular weight excluding hydrogens is 453 g/mol. The van der Waals surface area contributed by atoms with Crippen molar-refractivity contribution in [2.75, 3.05) is 18.0 Å². The van der Waals surface area contributed by atoms with E-state index >= 15 is 4.39 Å². The summed E-state index contributed by atoms with van der Waals surface area (Å²) in [7, 11) is -3.94. The Balaban J connectivity index is 1.38. The fourth-order valence-electron chi connectivity index (χ4n) is 4.47. The van der Waals surface area contributed by atoms with E-state index in [9.17, 15) is 13.2 Å². The molecule has 0 aromatic heterocycles. The van der Waals surface area contributed by atoms with Gasteiger partial charge in [0.2, 0.25) is 15.9 Å². The van der Waals surface area contributed by atoms with Gasteiger partial charge in [0, 0.05) is 29.1 Å². The van der Waals surface area contributed by atoms with Gasteiger partial charge in [-0.15, -0.1) is 0 Å². The Bertz CT molecular complexity index is 1350. The quantitative estimate of drug-likeness (QED) is 0.609. The minimum absolute atomic E-state index is 0.0646. The number of fused-ring (bicyclic) bond motifs is 2. The van der Waals surface area contributed by atoms with Crippen molar-refractivity contribution >= 4 is 44.0 Å². The fourth-order valence-corrected chi connectivity index (χ4v) is 5.91. The van der Waals surface area contributed by atoms with Crippen molar-refractivity contribution in [2.45, 2.75) is 30.3 Å². The number of carbonyl (C=O) groups is 1. The zero-order chi connectivity index (χ0) is 22.5. The van der Waals surface area contributed by atoms with Gasteiger partial charge in [-0.05, 0) is 47.5 Å². The summed E-state index contributed by atoms with van der Waals surface area (Å²) in [6, 6.07) is 12.4. The molecule has 1 atom stereocenters. The van der Waals surface area contributed by atoms with E-state index in [1.54, 1.807) is 36.4 Å². The highest BCUT2D eigenvalue weighted by atomic mass is 35.5. The molecule has 0 bridgehead atoms. The van der Waals surface area contributed by atoms with Gasteiger partial charge in [0.05, 0.1) is 17.1 Å². The lowest BCUT2D eigenvalue weighted by Gasteiger charge is -2.22. The molecule has 0 spiro atoms. The molecule has 1 amide bonds. The lowest BCUT2D eigenvalue weighted by Crippen LogP contribution is -2.84. The minimum Gasteiger partial charge on any atom is -0.342 e. The monoisotopic (exact) mass is 474 g/mol. The van der Waals surface area contributed by atoms with E-state index in [-0.39, 0.29) is 29.4 Å². The standard InChI is InChI=1S/C23H21ClFN3O3S/c24-17-4-1-15-12-18(5-2-14(15)11-17)32(30,31)27-20-8-10-28(23(20)29)21-6-3-16-13-26-9-7-19(16)22(21)25/h1-6,11-12,20,26-27H,7-10,13H2/p+1/t20-/m0/s1. The average Bonchev–Trinajstić information content (AvgIpc) is 3.13. The third kappa shape index (κ3) is 3.77. The summed E-state index contributed by atoms with van der Waals surface area (Å²) >= 11 is 5.99. The molecule has 2 aliphatic rings. The first-order chi connectivity index (χ1) is 15.3. The molecule has 9 heteroatoms. The van der Waals surface area contributed by atoms with Gasteiger partial charge in [0.1, 0.15) is 12.6 Å². The molecule has 0 saturated carbocycles. The summed E-state index contributed by atoms with van der Waals surface area (Å²) in [6.07, 6.45) is 0.881. The molecule has 2 heterocycles. The van der Waals surface area contributed by atoms with Gasteiger partial charge in [-0.3, -0.25) is 4.79 Å². The number of sulfonamides is 1. The molecule has 32 heavy (non-hydrogen) atoms. The zero-order valence-corrected chi connectivity index (χ0v) is 18.7. The summed E-state index contributed by atoms with van der Waals surface area (Å²) in [4.78, 5) is 14.4. The number of nitrogens with one attached hydrogen (secondary N) is 1. The third-order valence-electron chi connectivity index (χ3n) is 6.16. The van der Waals surface area contributed by atoms with Crippen LogP contribution in [0, 0.1) is 5.82 Å². The van der Waals surface area contributed by atoms with E-state index in [0.717, 1.165) is 29.4 Å². The Labute approximate surface area is 190 Å². The molecule has 0 aliphatic carbocycles. The van der Waals surface area contributed by atoms with E-state index in [4.69, 9.17) is 11.6 Å². The number of nitrogens with zero attached hydrogens (tertiary/aromatic N) is 1. The second-order valence-corrected chi connectivity index (χ2v) is 10.3. The molecule has 2 aliphatic heterocycles. The van der Waals surface area contributed by atoms with Gasteiger partial charge in [-0.2, -0.15) is 4.72 Å². The number of rotatable bonds is 4. The number of nitrogens with two attached hydrogens (primary N) is 1. The SMILES string of the molecule is O=C1[C@@H](NS(=O)(=O)c2ccc3cc(Cl)ccc3c2)CCN1c1ccc2c(c1F)CC[NH2+]C2. The van der Waals surface area contributed by atoms with Gasteiger partial charge < -0.3 is 10.2 Å². The highest BCUT2D eigenvalue weighted by molar-refractivity contribution is 7.89. The highest BCUT2D eigenvalue weighted by Crippen LogP contribution is 2.30. The van der Waals surface area contributed by atoms with Crippen LogP contribution in [-0.4, -0.2) is 33.5 Å². The number of quaternary nitrogens is 1. The summed E-state index contributed by atoms with van der Waals surface area (Å²) in [5, 5.41) is 4.23. The minimum atomic E-state index is -3.94. The van der Waals surface area contributed by atoms with E-state index in [0.29, 0.717) is 17.0 Å². The van der Waals surface area contributed by atoms with Gasteiger partial charge in [-0.25, -0.2) is 12.8 Å². The Morgan fingerprint density at radius 3 is 2.72 bits per heavy atom. The van der Waals surface area contributed by atoms with E-state index in [1.165, 1.54) is 11.0 Å². The van der Waals surface area contributed by atoms with Crippen LogP contribution in [-0.2, 0) is 27.8 Å². The maximum absolute atomic E-state index is 15.1. The van der Waals surface area contributed by atoms with Crippen molar-refractivity contribution in [3.8, 4) is 0 Å². The number of hydrogen-bond acceptors (Lipinski definition) is 3. The first-order valence-electron chi connectivity index (χ1n) is 10.5. The third-order valence-corrected chi connectivity index (χ3v) is 7.86. The molecular formula is C23H22ClFN3O3S+. The predicted molar refractivity (Wildman–Crippen MR) is 121 cm³/mol. The topological polar surface area (TPSA) is 83.1 Å². The van der Waals surface area contributed by atoms with E-state index in [1.807, 2.05) is 6.07 Å². The van der Waals surface area contributed by atoms with Crippen molar-refractivity contribution in [3.05, 3.63) is 70.5 Å². The van der Waals surface area contributed by atoms with Gasteiger partial charge in [-0.1, -0.05) is 29.8 Å². The largest absolute Gasteiger partial charge is 0.342 e. The highest BCUT2D eigenvalue weighted by Gasteiger charge is 2.37. The number of halogens is 2. The Hall–Kier alpha value is -2.52. The Morgan fingerprint density at radius 1 is 1.09 bits per heavy atom. The normalized spacial score (nSPS) is 18.9. The van der Waals surface area contributed by atoms with Crippen LogP contribution in [0.2, 0.25) is 5.02 Å². The Morgan fingerprint density at radius 2 is 1.88 bits per heavy atom. The number of benzene rings is 3. The zero-order valence-electron chi connectivity index (χ0n) is 17.1. The van der Waals surface area contributed by atoms with Crippen molar-refractivity contribution in [1.82, 2.24) is 4.72 Å². The van der Waals surface area contributed by atoms with Crippen LogP contribution in [0.4, 0.5) is 10.1 Å². The van der Waals surface area contributed by atoms with Crippen molar-refractivity contribution in [2.24, 2.45) is 0 Å². The summed E-state index contributed by atoms with van der Waals surface area (Å²) in [6.45, 7) is 1.78. The van der Waals surface area contributed by atoms with Crippen LogP contribution in [0.3, 0.4) is 0 Å². The molecule has 3 aromatic rings. The van der Waals surface area contributed by atoms with Crippen LogP contribution in [0.15, 0.2) is 53.4 Å². The lowest BCUT2D eigenvalue weighted by molar-refractivity contribution is -0.673. The van der Waals surface area contributed by atoms with Crippen LogP contribution in [0.25, 0.3) is 10.8 Å². The van der Waals surface area contributed by atoms with Gasteiger partial charge in [0.15, 0.2) is 5.82 Å². The first kappa shape index (κ1) is 21.3. The van der Waals surface area contributed by atoms with Crippen LogP contribution in [0.5, 0.6) is 0 Å². The summed E-state index contributed by atoms with van der Waals surface area (Å²) < 4.78 is 43.6. The van der Waals surface area contributed by atoms with Gasteiger partial charge in [0.25, 0.3) is 0 Å². The van der Waals surface area contributed by atoms with E-state index < -0.39 is 22.0 Å². The molecule has 3 N–H and O–H groups in total. The van der Waals surface area contributed by atoms with E-state index in [2.05, 4.69) is 10.0 Å². The summed E-state index contributed by atoms with van der Waals surface area (Å²) in [5.41, 5.74) is 1.82. The molecule has 1 fully saturated rings. The molecule has 3 aromatic carbocycles. The second kappa shape index (κ2) is 8.12. The fraction of sp³-hybridized carbons (Fsp3) is 0.261. The number of carbonyl (C=O) groups excluding carboxylic acids is 1. The molecule has 166 valence electrons. The van der Waals surface area contributed by atoms with Crippen molar-refractivity contribution in [1.29, 1.82) is 0 Å². The first-order valence-corrected chi connectivity index (χ1v) is 12.3. The maximum Gasteiger partial charge on any atom is 0.245 e. The summed E-state index contributed by atoms with van der Waals surface area (Å²) in [5.74, 6) is -0.817. The molecule has 5 rings (SSSR count). The lowest BCUT2D eigenvalue weighted by atomic mass is 9.99. The molecule has 0 radical (unpaired) electrons. The van der Waals surface area contributed by atoms with Crippen molar-refractivity contribution in [3.63, 3.8) is 0 Å². The maximum atomic E-state index is 15.1. The predicted octanol–water partition coefficient (Wildman–Crippen LogP) is 2.34. The second-order valence-electron chi connectivity index (χ2n) is 8.17. The Kier molecular flexibility index (Phi) is 5.41. The molecule has 1 saturated heterocycles. The molecule has 0 unspecified atom stereocenters. The number of anilines is 1. The van der Waals surface area contributed by atoms with Crippen molar-refractivity contribution < 1.29 is 22.9 Å². The average molecular weight is 475 g/mol. The van der Waals surface area contributed by atoms with Gasteiger partial charge >= 0.3 is 0 Å².